The molecule has 0 saturated carbocycles. The average molecular weight is 409 g/mol. The van der Waals surface area contributed by atoms with Gasteiger partial charge in [0.25, 0.3) is 11.8 Å². The molecule has 2 aromatic rings. The summed E-state index contributed by atoms with van der Waals surface area (Å²) in [6, 6.07) is 13.0. The third-order valence-corrected chi connectivity index (χ3v) is 5.71. The molecule has 2 heterocycles. The number of amides is 2. The Morgan fingerprint density at radius 2 is 1.80 bits per heavy atom. The van der Waals surface area contributed by atoms with Crippen LogP contribution in [0.25, 0.3) is 0 Å². The lowest BCUT2D eigenvalue weighted by atomic mass is 10.0. The van der Waals surface area contributed by atoms with Crippen LogP contribution in [-0.2, 0) is 4.79 Å². The molecule has 0 bridgehead atoms. The van der Waals surface area contributed by atoms with Gasteiger partial charge < -0.3 is 25.2 Å². The van der Waals surface area contributed by atoms with Gasteiger partial charge in [-0.2, -0.15) is 0 Å². The second-order valence-corrected chi connectivity index (χ2v) is 8.20. The van der Waals surface area contributed by atoms with E-state index < -0.39 is 5.60 Å². The van der Waals surface area contributed by atoms with Gasteiger partial charge >= 0.3 is 0 Å². The number of hydrogen-bond acceptors (Lipinski definition) is 5. The van der Waals surface area contributed by atoms with Gasteiger partial charge in [-0.1, -0.05) is 6.92 Å². The lowest BCUT2D eigenvalue weighted by molar-refractivity contribution is -0.129. The molecule has 1 saturated heterocycles. The highest BCUT2D eigenvalue weighted by Crippen LogP contribution is 2.34. The molecule has 4 rings (SSSR count). The van der Waals surface area contributed by atoms with Gasteiger partial charge in [-0.25, -0.2) is 0 Å². The number of carbonyl (C=O) groups excluding carboxylic acids is 2. The third kappa shape index (κ3) is 4.11. The number of rotatable bonds is 4. The van der Waals surface area contributed by atoms with Crippen molar-refractivity contribution in [3.8, 4) is 5.75 Å². The summed E-state index contributed by atoms with van der Waals surface area (Å²) < 4.78 is 5.72. The molecule has 2 aliphatic heterocycles. The Bertz CT molecular complexity index is 947. The second-order valence-electron chi connectivity index (χ2n) is 8.20. The lowest BCUT2D eigenvalue weighted by Gasteiger charge is -2.35. The summed E-state index contributed by atoms with van der Waals surface area (Å²) in [7, 11) is 0. The van der Waals surface area contributed by atoms with Crippen LogP contribution < -0.4 is 20.3 Å². The lowest BCUT2D eigenvalue weighted by Crippen LogP contribution is -2.46. The van der Waals surface area contributed by atoms with Crippen LogP contribution in [0.1, 0.15) is 31.1 Å². The van der Waals surface area contributed by atoms with E-state index in [2.05, 4.69) is 27.4 Å². The van der Waals surface area contributed by atoms with E-state index >= 15 is 0 Å². The number of piperazine rings is 1. The van der Waals surface area contributed by atoms with Crippen LogP contribution in [0, 0.1) is 0 Å². The van der Waals surface area contributed by atoms with Crippen molar-refractivity contribution in [2.45, 2.75) is 26.4 Å². The average Bonchev–Trinajstić information content (AvgIpc) is 2.74. The van der Waals surface area contributed by atoms with Gasteiger partial charge in [-0.05, 0) is 62.9 Å². The van der Waals surface area contributed by atoms with Crippen molar-refractivity contribution in [2.75, 3.05) is 48.3 Å². The van der Waals surface area contributed by atoms with Crippen molar-refractivity contribution in [2.24, 2.45) is 0 Å². The maximum absolute atomic E-state index is 12.7. The van der Waals surface area contributed by atoms with Crippen molar-refractivity contribution in [1.82, 2.24) is 4.90 Å². The first-order valence-corrected chi connectivity index (χ1v) is 10.4. The van der Waals surface area contributed by atoms with Crippen molar-refractivity contribution >= 4 is 28.9 Å². The predicted octanol–water partition coefficient (Wildman–Crippen LogP) is 3.19. The Hall–Kier alpha value is -3.06. The van der Waals surface area contributed by atoms with E-state index in [1.54, 1.807) is 32.0 Å². The highest BCUT2D eigenvalue weighted by atomic mass is 16.5. The highest BCUT2D eigenvalue weighted by molar-refractivity contribution is 6.07. The zero-order chi connectivity index (χ0) is 21.3. The van der Waals surface area contributed by atoms with Crippen molar-refractivity contribution in [3.05, 3.63) is 48.0 Å². The van der Waals surface area contributed by atoms with Crippen LogP contribution in [0.4, 0.5) is 17.1 Å². The topological polar surface area (TPSA) is 73.9 Å². The summed E-state index contributed by atoms with van der Waals surface area (Å²) in [5.74, 6) is 0.0905. The Kier molecular flexibility index (Phi) is 5.39. The van der Waals surface area contributed by atoms with Gasteiger partial charge in [0.2, 0.25) is 0 Å². The fourth-order valence-electron chi connectivity index (χ4n) is 3.73. The van der Waals surface area contributed by atoms with Gasteiger partial charge in [0.15, 0.2) is 5.60 Å². The molecule has 0 radical (unpaired) electrons. The van der Waals surface area contributed by atoms with Crippen LogP contribution in [0.15, 0.2) is 42.5 Å². The molecule has 30 heavy (non-hydrogen) atoms. The first kappa shape index (κ1) is 20.2. The summed E-state index contributed by atoms with van der Waals surface area (Å²) in [6.07, 6.45) is 0. The molecule has 0 aromatic heterocycles. The summed E-state index contributed by atoms with van der Waals surface area (Å²) in [5, 5.41) is 5.73. The van der Waals surface area contributed by atoms with E-state index in [-0.39, 0.29) is 11.8 Å². The number of nitrogens with one attached hydrogen (secondary N) is 2. The van der Waals surface area contributed by atoms with Crippen molar-refractivity contribution < 1.29 is 14.3 Å². The van der Waals surface area contributed by atoms with Gasteiger partial charge in [0, 0.05) is 43.1 Å². The number of fused-ring (bicyclic) bond motifs is 1. The Morgan fingerprint density at radius 3 is 2.47 bits per heavy atom. The summed E-state index contributed by atoms with van der Waals surface area (Å²) >= 11 is 0. The van der Waals surface area contributed by atoms with Crippen molar-refractivity contribution in [1.29, 1.82) is 0 Å². The van der Waals surface area contributed by atoms with E-state index in [0.717, 1.165) is 38.4 Å². The van der Waals surface area contributed by atoms with Gasteiger partial charge in [0.1, 0.15) is 5.75 Å². The summed E-state index contributed by atoms with van der Waals surface area (Å²) in [5.41, 5.74) is 1.93. The summed E-state index contributed by atoms with van der Waals surface area (Å²) in [6.45, 7) is 10.9. The fourth-order valence-corrected chi connectivity index (χ4v) is 3.73. The second kappa shape index (κ2) is 7.99. The fraction of sp³-hybridized carbons (Fsp3) is 0.391. The highest BCUT2D eigenvalue weighted by Gasteiger charge is 2.35. The molecule has 7 heteroatoms. The molecule has 158 valence electrons. The first-order valence-electron chi connectivity index (χ1n) is 10.4. The van der Waals surface area contributed by atoms with Gasteiger partial charge in [-0.15, -0.1) is 0 Å². The minimum Gasteiger partial charge on any atom is -0.476 e. The largest absolute Gasteiger partial charge is 0.476 e. The Balaban J connectivity index is 1.41. The van der Waals surface area contributed by atoms with E-state index in [9.17, 15) is 9.59 Å². The molecular weight excluding hydrogens is 380 g/mol. The molecule has 2 aliphatic rings. The maximum Gasteiger partial charge on any atom is 0.268 e. The summed E-state index contributed by atoms with van der Waals surface area (Å²) in [4.78, 5) is 29.6. The van der Waals surface area contributed by atoms with E-state index in [0.29, 0.717) is 17.0 Å². The zero-order valence-electron chi connectivity index (χ0n) is 17.7. The quantitative estimate of drug-likeness (QED) is 0.813. The molecule has 0 atom stereocenters. The van der Waals surface area contributed by atoms with Crippen LogP contribution in [0.2, 0.25) is 0 Å². The van der Waals surface area contributed by atoms with Crippen LogP contribution in [0.5, 0.6) is 5.75 Å². The van der Waals surface area contributed by atoms with E-state index in [4.69, 9.17) is 4.74 Å². The molecule has 1 fully saturated rings. The number of benzene rings is 2. The minimum absolute atomic E-state index is 0.233. The minimum atomic E-state index is -0.929. The van der Waals surface area contributed by atoms with E-state index in [1.165, 1.54) is 5.69 Å². The molecule has 0 spiro atoms. The number of anilines is 3. The Labute approximate surface area is 177 Å². The Morgan fingerprint density at radius 1 is 1.10 bits per heavy atom. The van der Waals surface area contributed by atoms with Crippen LogP contribution in [-0.4, -0.2) is 55.0 Å². The zero-order valence-corrected chi connectivity index (χ0v) is 17.7. The van der Waals surface area contributed by atoms with E-state index in [1.807, 2.05) is 24.3 Å². The van der Waals surface area contributed by atoms with Crippen LogP contribution in [0.3, 0.4) is 0 Å². The standard InChI is InChI=1S/C23H28N4O3/c1-4-26-11-13-27(14-12-26)18-8-6-17(7-9-18)24-21(28)16-5-10-20-19(15-16)25-22(29)23(2,3)30-20/h5-10,15H,4,11-14H2,1-3H3,(H,24,28)(H,25,29). The third-order valence-electron chi connectivity index (χ3n) is 5.71. The number of likely N-dealkylation sites (N-methyl/N-ethyl adjacent to an activating group) is 1. The number of ether oxygens (including phenoxy) is 1. The molecule has 2 amide bonds. The predicted molar refractivity (Wildman–Crippen MR) is 119 cm³/mol. The molecule has 2 aromatic carbocycles. The first-order chi connectivity index (χ1) is 14.4. The monoisotopic (exact) mass is 408 g/mol. The smallest absolute Gasteiger partial charge is 0.268 e. The normalized spacial score (nSPS) is 18.2. The number of nitrogens with zero attached hydrogens (tertiary/aromatic N) is 2. The molecular formula is C23H28N4O3. The molecule has 0 aliphatic carbocycles. The van der Waals surface area contributed by atoms with Crippen LogP contribution >= 0.6 is 0 Å². The number of carbonyl (C=O) groups is 2. The SMILES string of the molecule is CCN1CCN(c2ccc(NC(=O)c3ccc4c(c3)NC(=O)C(C)(C)O4)cc2)CC1. The van der Waals surface area contributed by atoms with Crippen molar-refractivity contribution in [3.63, 3.8) is 0 Å². The van der Waals surface area contributed by atoms with Gasteiger partial charge in [0.05, 0.1) is 5.69 Å². The molecule has 7 nitrogen and oxygen atoms in total. The van der Waals surface area contributed by atoms with Gasteiger partial charge in [-0.3, -0.25) is 9.59 Å². The number of hydrogen-bond donors (Lipinski definition) is 2. The molecule has 0 unspecified atom stereocenters. The maximum atomic E-state index is 12.7. The molecule has 2 N–H and O–H groups in total.